The van der Waals surface area contributed by atoms with Gasteiger partial charge in [0, 0.05) is 24.4 Å². The molecule has 1 N–H and O–H groups in total. The summed E-state index contributed by atoms with van der Waals surface area (Å²) < 4.78 is 11.4. The maximum absolute atomic E-state index is 12.8. The van der Waals surface area contributed by atoms with Gasteiger partial charge in [-0.2, -0.15) is 0 Å². The van der Waals surface area contributed by atoms with Gasteiger partial charge in [-0.3, -0.25) is 4.79 Å². The summed E-state index contributed by atoms with van der Waals surface area (Å²) in [4.78, 5) is 12.8. The fourth-order valence-corrected chi connectivity index (χ4v) is 3.66. The first-order chi connectivity index (χ1) is 15.1. The number of methoxy groups -OCH3 is 1. The van der Waals surface area contributed by atoms with E-state index in [9.17, 15) is 4.79 Å². The zero-order chi connectivity index (χ0) is 22.1. The summed E-state index contributed by atoms with van der Waals surface area (Å²) in [7, 11) is 1.66. The van der Waals surface area contributed by atoms with E-state index < -0.39 is 0 Å². The van der Waals surface area contributed by atoms with Gasteiger partial charge in [-0.15, -0.1) is 0 Å². The molecule has 0 saturated carbocycles. The molecule has 0 saturated heterocycles. The molecule has 0 aliphatic rings. The lowest BCUT2D eigenvalue weighted by atomic mass is 9.87. The van der Waals surface area contributed by atoms with Crippen molar-refractivity contribution in [3.63, 3.8) is 0 Å². The van der Waals surface area contributed by atoms with Crippen LogP contribution in [0.3, 0.4) is 0 Å². The van der Waals surface area contributed by atoms with Crippen LogP contribution in [0.25, 0.3) is 0 Å². The SMILES string of the molecule is COc1ccccc1C(CC(=O)NCCc1ccccc1)c1ccc(OC(C)C)cc1. The number of rotatable bonds is 10. The molecule has 3 aromatic carbocycles. The lowest BCUT2D eigenvalue weighted by Crippen LogP contribution is -2.27. The largest absolute Gasteiger partial charge is 0.496 e. The molecule has 4 nitrogen and oxygen atoms in total. The van der Waals surface area contributed by atoms with Crippen molar-refractivity contribution >= 4 is 5.91 Å². The van der Waals surface area contributed by atoms with E-state index in [4.69, 9.17) is 9.47 Å². The Morgan fingerprint density at radius 2 is 1.58 bits per heavy atom. The van der Waals surface area contributed by atoms with E-state index in [0.29, 0.717) is 13.0 Å². The van der Waals surface area contributed by atoms with Crippen molar-refractivity contribution in [3.05, 3.63) is 95.6 Å². The second-order valence-electron chi connectivity index (χ2n) is 7.82. The summed E-state index contributed by atoms with van der Waals surface area (Å²) in [5.41, 5.74) is 3.27. The number of amides is 1. The number of carbonyl (C=O) groups excluding carboxylic acids is 1. The zero-order valence-electron chi connectivity index (χ0n) is 18.5. The van der Waals surface area contributed by atoms with E-state index in [2.05, 4.69) is 17.4 Å². The number of benzene rings is 3. The molecule has 0 aliphatic heterocycles. The molecule has 0 aliphatic carbocycles. The van der Waals surface area contributed by atoms with Gasteiger partial charge in [-0.1, -0.05) is 60.7 Å². The average Bonchev–Trinajstić information content (AvgIpc) is 2.78. The molecule has 0 aromatic heterocycles. The van der Waals surface area contributed by atoms with Crippen LogP contribution >= 0.6 is 0 Å². The van der Waals surface area contributed by atoms with E-state index >= 15 is 0 Å². The Hall–Kier alpha value is -3.27. The van der Waals surface area contributed by atoms with E-state index in [0.717, 1.165) is 29.0 Å². The minimum Gasteiger partial charge on any atom is -0.496 e. The third kappa shape index (κ3) is 6.61. The summed E-state index contributed by atoms with van der Waals surface area (Å²) in [5, 5.41) is 3.07. The van der Waals surface area contributed by atoms with Gasteiger partial charge in [0.05, 0.1) is 13.2 Å². The fraction of sp³-hybridized carbons (Fsp3) is 0.296. The summed E-state index contributed by atoms with van der Waals surface area (Å²) in [6, 6.07) is 26.1. The highest BCUT2D eigenvalue weighted by molar-refractivity contribution is 5.77. The van der Waals surface area contributed by atoms with Gasteiger partial charge >= 0.3 is 0 Å². The summed E-state index contributed by atoms with van der Waals surface area (Å²) in [6.07, 6.45) is 1.28. The molecule has 4 heteroatoms. The van der Waals surface area contributed by atoms with Crippen LogP contribution in [0.4, 0.5) is 0 Å². The molecule has 0 bridgehead atoms. The van der Waals surface area contributed by atoms with Crippen LogP contribution in [0.15, 0.2) is 78.9 Å². The average molecular weight is 418 g/mol. The van der Waals surface area contributed by atoms with Crippen LogP contribution in [0, 0.1) is 0 Å². The van der Waals surface area contributed by atoms with Gasteiger partial charge in [-0.25, -0.2) is 0 Å². The molecule has 1 atom stereocenters. The summed E-state index contributed by atoms with van der Waals surface area (Å²) in [6.45, 7) is 4.62. The van der Waals surface area contributed by atoms with Crippen LogP contribution in [-0.4, -0.2) is 25.7 Å². The van der Waals surface area contributed by atoms with Crippen LogP contribution in [0.1, 0.15) is 42.9 Å². The first kappa shape index (κ1) is 22.4. The van der Waals surface area contributed by atoms with Gasteiger partial charge in [-0.05, 0) is 49.6 Å². The van der Waals surface area contributed by atoms with Crippen LogP contribution in [0.2, 0.25) is 0 Å². The molecule has 0 heterocycles. The number of hydrogen-bond donors (Lipinski definition) is 1. The number of carbonyl (C=O) groups is 1. The molecule has 162 valence electrons. The maximum Gasteiger partial charge on any atom is 0.220 e. The van der Waals surface area contributed by atoms with Gasteiger partial charge in [0.1, 0.15) is 11.5 Å². The number of nitrogens with one attached hydrogen (secondary N) is 1. The lowest BCUT2D eigenvalue weighted by molar-refractivity contribution is -0.121. The Bertz CT molecular complexity index is 952. The van der Waals surface area contributed by atoms with E-state index in [1.165, 1.54) is 5.56 Å². The normalized spacial score (nSPS) is 11.7. The third-order valence-corrected chi connectivity index (χ3v) is 5.14. The molecule has 1 amide bonds. The standard InChI is InChI=1S/C27H31NO3/c1-20(2)31-23-15-13-22(14-16-23)25(24-11-7-8-12-26(24)30-3)19-27(29)28-18-17-21-9-5-4-6-10-21/h4-16,20,25H,17-19H2,1-3H3,(H,28,29). The predicted octanol–water partition coefficient (Wildman–Crippen LogP) is 5.36. The topological polar surface area (TPSA) is 47.6 Å². The third-order valence-electron chi connectivity index (χ3n) is 5.14. The van der Waals surface area contributed by atoms with Crippen molar-refractivity contribution in [2.75, 3.05) is 13.7 Å². The number of ether oxygens (including phenoxy) is 2. The first-order valence-electron chi connectivity index (χ1n) is 10.8. The Labute approximate surface area is 185 Å². The lowest BCUT2D eigenvalue weighted by Gasteiger charge is -2.21. The highest BCUT2D eigenvalue weighted by atomic mass is 16.5. The van der Waals surface area contributed by atoms with Gasteiger partial charge in [0.2, 0.25) is 5.91 Å². The molecule has 0 radical (unpaired) electrons. The van der Waals surface area contributed by atoms with Crippen molar-refractivity contribution in [3.8, 4) is 11.5 Å². The monoisotopic (exact) mass is 417 g/mol. The minimum atomic E-state index is -0.110. The molecule has 0 fully saturated rings. The first-order valence-corrected chi connectivity index (χ1v) is 10.8. The smallest absolute Gasteiger partial charge is 0.220 e. The Morgan fingerprint density at radius 1 is 0.903 bits per heavy atom. The minimum absolute atomic E-state index is 0.0225. The maximum atomic E-state index is 12.8. The summed E-state index contributed by atoms with van der Waals surface area (Å²) >= 11 is 0. The molecule has 0 spiro atoms. The molecule has 3 aromatic rings. The van der Waals surface area contributed by atoms with Crippen molar-refractivity contribution < 1.29 is 14.3 Å². The van der Waals surface area contributed by atoms with Crippen LogP contribution in [-0.2, 0) is 11.2 Å². The molecular formula is C27H31NO3. The number of hydrogen-bond acceptors (Lipinski definition) is 3. The quantitative estimate of drug-likeness (QED) is 0.483. The highest BCUT2D eigenvalue weighted by Gasteiger charge is 2.21. The highest BCUT2D eigenvalue weighted by Crippen LogP contribution is 2.35. The van der Waals surface area contributed by atoms with Crippen molar-refractivity contribution in [1.82, 2.24) is 5.32 Å². The van der Waals surface area contributed by atoms with Crippen molar-refractivity contribution in [2.45, 2.75) is 38.7 Å². The van der Waals surface area contributed by atoms with Crippen LogP contribution < -0.4 is 14.8 Å². The van der Waals surface area contributed by atoms with E-state index in [1.54, 1.807) is 7.11 Å². The van der Waals surface area contributed by atoms with Gasteiger partial charge < -0.3 is 14.8 Å². The fourth-order valence-electron chi connectivity index (χ4n) is 3.66. The molecule has 31 heavy (non-hydrogen) atoms. The Kier molecular flexibility index (Phi) is 8.11. The Balaban J connectivity index is 1.75. The predicted molar refractivity (Wildman–Crippen MR) is 125 cm³/mol. The van der Waals surface area contributed by atoms with Gasteiger partial charge in [0.25, 0.3) is 0 Å². The van der Waals surface area contributed by atoms with E-state index in [1.807, 2.05) is 80.6 Å². The number of para-hydroxylation sites is 1. The van der Waals surface area contributed by atoms with Crippen LogP contribution in [0.5, 0.6) is 11.5 Å². The van der Waals surface area contributed by atoms with Crippen molar-refractivity contribution in [1.29, 1.82) is 0 Å². The molecule has 3 rings (SSSR count). The van der Waals surface area contributed by atoms with Crippen molar-refractivity contribution in [2.24, 2.45) is 0 Å². The molecule has 1 unspecified atom stereocenters. The summed E-state index contributed by atoms with van der Waals surface area (Å²) in [5.74, 6) is 1.52. The Morgan fingerprint density at radius 3 is 2.26 bits per heavy atom. The second-order valence-corrected chi connectivity index (χ2v) is 7.82. The molecular weight excluding hydrogens is 386 g/mol. The van der Waals surface area contributed by atoms with E-state index in [-0.39, 0.29) is 17.9 Å². The zero-order valence-corrected chi connectivity index (χ0v) is 18.5. The van der Waals surface area contributed by atoms with Gasteiger partial charge in [0.15, 0.2) is 0 Å². The second kappa shape index (κ2) is 11.2.